The molecular formula is C11H14N4. The molecule has 2 rings (SSSR count). The lowest BCUT2D eigenvalue weighted by molar-refractivity contribution is 0.970. The van der Waals surface area contributed by atoms with Crippen LogP contribution in [0.1, 0.15) is 5.56 Å². The van der Waals surface area contributed by atoms with Crippen LogP contribution in [-0.4, -0.2) is 16.5 Å². The van der Waals surface area contributed by atoms with Gasteiger partial charge in [-0.15, -0.1) is 0 Å². The van der Waals surface area contributed by atoms with Gasteiger partial charge in [-0.3, -0.25) is 0 Å². The number of benzene rings is 1. The van der Waals surface area contributed by atoms with E-state index in [1.807, 2.05) is 18.2 Å². The highest BCUT2D eigenvalue weighted by Crippen LogP contribution is 2.22. The number of hydrogen-bond donors (Lipinski definition) is 3. The number of nitrogens with one attached hydrogen (secondary N) is 1. The lowest BCUT2D eigenvalue weighted by atomic mass is 10.0. The first-order valence-corrected chi connectivity index (χ1v) is 4.90. The second-order valence-corrected chi connectivity index (χ2v) is 3.38. The number of imidazole rings is 1. The summed E-state index contributed by atoms with van der Waals surface area (Å²) < 4.78 is 0. The summed E-state index contributed by atoms with van der Waals surface area (Å²) in [6, 6.07) is 8.11. The van der Waals surface area contributed by atoms with Crippen LogP contribution in [0, 0.1) is 0 Å². The zero-order chi connectivity index (χ0) is 10.7. The first kappa shape index (κ1) is 9.73. The number of nitrogens with two attached hydrogens (primary N) is 2. The number of anilines is 1. The van der Waals surface area contributed by atoms with Crippen LogP contribution in [0.15, 0.2) is 30.5 Å². The molecule has 0 amide bonds. The summed E-state index contributed by atoms with van der Waals surface area (Å²) in [5.74, 6) is 0.438. The summed E-state index contributed by atoms with van der Waals surface area (Å²) in [4.78, 5) is 7.00. The van der Waals surface area contributed by atoms with E-state index in [1.54, 1.807) is 6.20 Å². The fourth-order valence-electron chi connectivity index (χ4n) is 1.63. The molecule has 0 bridgehead atoms. The molecule has 0 atom stereocenters. The van der Waals surface area contributed by atoms with Crippen molar-refractivity contribution in [2.45, 2.75) is 6.42 Å². The summed E-state index contributed by atoms with van der Waals surface area (Å²) >= 11 is 0. The van der Waals surface area contributed by atoms with Crippen LogP contribution in [0.3, 0.4) is 0 Å². The molecule has 0 fully saturated rings. The van der Waals surface area contributed by atoms with Crippen molar-refractivity contribution in [1.82, 2.24) is 9.97 Å². The Morgan fingerprint density at radius 2 is 2.07 bits per heavy atom. The van der Waals surface area contributed by atoms with Gasteiger partial charge in [0.2, 0.25) is 0 Å². The monoisotopic (exact) mass is 202 g/mol. The third kappa shape index (κ3) is 1.99. The predicted molar refractivity (Wildman–Crippen MR) is 61.2 cm³/mol. The second kappa shape index (κ2) is 4.14. The van der Waals surface area contributed by atoms with E-state index in [0.29, 0.717) is 12.5 Å². The van der Waals surface area contributed by atoms with Gasteiger partial charge in [0, 0.05) is 5.56 Å². The normalized spacial score (nSPS) is 10.5. The van der Waals surface area contributed by atoms with Crippen LogP contribution in [0.5, 0.6) is 0 Å². The molecule has 1 heterocycles. The smallest absolute Gasteiger partial charge is 0.197 e. The highest BCUT2D eigenvalue weighted by Gasteiger charge is 2.05. The first-order valence-electron chi connectivity index (χ1n) is 4.90. The topological polar surface area (TPSA) is 80.7 Å². The Morgan fingerprint density at radius 1 is 1.27 bits per heavy atom. The van der Waals surface area contributed by atoms with Crippen molar-refractivity contribution >= 4 is 5.95 Å². The third-order valence-electron chi connectivity index (χ3n) is 2.32. The molecule has 15 heavy (non-hydrogen) atoms. The largest absolute Gasteiger partial charge is 0.369 e. The Morgan fingerprint density at radius 3 is 2.73 bits per heavy atom. The number of aromatic nitrogens is 2. The minimum Gasteiger partial charge on any atom is -0.369 e. The van der Waals surface area contributed by atoms with E-state index in [4.69, 9.17) is 11.5 Å². The van der Waals surface area contributed by atoms with E-state index in [0.717, 1.165) is 17.7 Å². The molecule has 0 saturated carbocycles. The minimum atomic E-state index is 0.438. The maximum absolute atomic E-state index is 5.56. The molecule has 4 heteroatoms. The Labute approximate surface area is 88.3 Å². The molecule has 0 aliphatic heterocycles. The highest BCUT2D eigenvalue weighted by molar-refractivity contribution is 5.64. The third-order valence-corrected chi connectivity index (χ3v) is 2.32. The minimum absolute atomic E-state index is 0.438. The maximum Gasteiger partial charge on any atom is 0.197 e. The molecule has 1 aromatic heterocycles. The van der Waals surface area contributed by atoms with Crippen molar-refractivity contribution < 1.29 is 0 Å². The lowest BCUT2D eigenvalue weighted by Gasteiger charge is -2.05. The summed E-state index contributed by atoms with van der Waals surface area (Å²) in [5.41, 5.74) is 14.4. The average molecular weight is 202 g/mol. The van der Waals surface area contributed by atoms with Crippen LogP contribution in [-0.2, 0) is 6.42 Å². The number of nitrogens with zero attached hydrogens (tertiary/aromatic N) is 1. The molecule has 2 aromatic rings. The molecule has 4 nitrogen and oxygen atoms in total. The van der Waals surface area contributed by atoms with E-state index in [9.17, 15) is 0 Å². The maximum atomic E-state index is 5.56. The molecule has 0 spiro atoms. The molecule has 1 aromatic carbocycles. The van der Waals surface area contributed by atoms with Gasteiger partial charge < -0.3 is 16.5 Å². The van der Waals surface area contributed by atoms with Crippen molar-refractivity contribution in [2.24, 2.45) is 5.73 Å². The Hall–Kier alpha value is -1.81. The highest BCUT2D eigenvalue weighted by atomic mass is 15.0. The van der Waals surface area contributed by atoms with Gasteiger partial charge in [-0.2, -0.15) is 0 Å². The molecule has 0 aliphatic carbocycles. The Balaban J connectivity index is 2.42. The van der Waals surface area contributed by atoms with E-state index in [2.05, 4.69) is 16.0 Å². The van der Waals surface area contributed by atoms with Gasteiger partial charge in [-0.05, 0) is 18.5 Å². The van der Waals surface area contributed by atoms with Crippen molar-refractivity contribution in [3.63, 3.8) is 0 Å². The standard InChI is InChI=1S/C11H14N4/c12-6-5-8-3-1-2-4-9(8)10-7-14-11(13)15-10/h1-4,7H,5-6,12H2,(H3,13,14,15). The molecule has 5 N–H and O–H groups in total. The van der Waals surface area contributed by atoms with Gasteiger partial charge in [0.25, 0.3) is 0 Å². The fourth-order valence-corrected chi connectivity index (χ4v) is 1.63. The van der Waals surface area contributed by atoms with Crippen LogP contribution >= 0.6 is 0 Å². The van der Waals surface area contributed by atoms with Gasteiger partial charge >= 0.3 is 0 Å². The molecular weight excluding hydrogens is 188 g/mol. The van der Waals surface area contributed by atoms with Gasteiger partial charge in [0.05, 0.1) is 11.9 Å². The zero-order valence-electron chi connectivity index (χ0n) is 8.40. The number of nitrogen functional groups attached to an aromatic ring is 1. The SMILES string of the molecule is NCCc1ccccc1-c1cnc(N)[nH]1. The molecule has 0 aliphatic rings. The van der Waals surface area contributed by atoms with Crippen molar-refractivity contribution in [3.8, 4) is 11.3 Å². The zero-order valence-corrected chi connectivity index (χ0v) is 8.40. The van der Waals surface area contributed by atoms with Crippen molar-refractivity contribution in [3.05, 3.63) is 36.0 Å². The number of H-pyrrole nitrogens is 1. The summed E-state index contributed by atoms with van der Waals surface area (Å²) in [6.45, 7) is 0.640. The van der Waals surface area contributed by atoms with E-state index >= 15 is 0 Å². The molecule has 0 saturated heterocycles. The predicted octanol–water partition coefficient (Wildman–Crippen LogP) is 1.16. The number of aromatic amines is 1. The van der Waals surface area contributed by atoms with E-state index in [-0.39, 0.29) is 0 Å². The number of hydrogen-bond acceptors (Lipinski definition) is 3. The van der Waals surface area contributed by atoms with Crippen LogP contribution in [0.4, 0.5) is 5.95 Å². The quantitative estimate of drug-likeness (QED) is 0.698. The Bertz CT molecular complexity index is 447. The van der Waals surface area contributed by atoms with Gasteiger partial charge in [0.1, 0.15) is 0 Å². The van der Waals surface area contributed by atoms with Crippen LogP contribution < -0.4 is 11.5 Å². The fraction of sp³-hybridized carbons (Fsp3) is 0.182. The molecule has 78 valence electrons. The first-order chi connectivity index (χ1) is 7.31. The van der Waals surface area contributed by atoms with Crippen molar-refractivity contribution in [2.75, 3.05) is 12.3 Å². The van der Waals surface area contributed by atoms with Crippen LogP contribution in [0.2, 0.25) is 0 Å². The van der Waals surface area contributed by atoms with Gasteiger partial charge in [-0.25, -0.2) is 4.98 Å². The average Bonchev–Trinajstić information content (AvgIpc) is 2.66. The van der Waals surface area contributed by atoms with Gasteiger partial charge in [-0.1, -0.05) is 24.3 Å². The molecule has 0 unspecified atom stereocenters. The Kier molecular flexibility index (Phi) is 2.69. The second-order valence-electron chi connectivity index (χ2n) is 3.38. The van der Waals surface area contributed by atoms with E-state index < -0.39 is 0 Å². The van der Waals surface area contributed by atoms with Crippen LogP contribution in [0.25, 0.3) is 11.3 Å². The summed E-state index contributed by atoms with van der Waals surface area (Å²) in [5, 5.41) is 0. The van der Waals surface area contributed by atoms with Crippen molar-refractivity contribution in [1.29, 1.82) is 0 Å². The lowest BCUT2D eigenvalue weighted by Crippen LogP contribution is -2.03. The number of rotatable bonds is 3. The molecule has 0 radical (unpaired) electrons. The summed E-state index contributed by atoms with van der Waals surface area (Å²) in [7, 11) is 0. The van der Waals surface area contributed by atoms with E-state index in [1.165, 1.54) is 5.56 Å². The summed E-state index contributed by atoms with van der Waals surface area (Å²) in [6.07, 6.45) is 2.60. The van der Waals surface area contributed by atoms with Gasteiger partial charge in [0.15, 0.2) is 5.95 Å².